The Labute approximate surface area is 122 Å². The molecule has 0 bridgehead atoms. The van der Waals surface area contributed by atoms with Gasteiger partial charge in [0.25, 0.3) is 5.91 Å². The van der Waals surface area contributed by atoms with Gasteiger partial charge < -0.3 is 10.7 Å². The van der Waals surface area contributed by atoms with Crippen LogP contribution in [0.4, 0.5) is 11.6 Å². The summed E-state index contributed by atoms with van der Waals surface area (Å²) < 4.78 is 0.816. The second-order valence-electron chi connectivity index (χ2n) is 3.49. The third-order valence-electron chi connectivity index (χ3n) is 2.18. The van der Waals surface area contributed by atoms with Gasteiger partial charge in [0.2, 0.25) is 0 Å². The standard InChI is InChI=1S/C11H9BrClN5O/c12-6-1-3-8(15-5-6)17-11(19)10-7(13)2-4-9(16-10)18-14/h1-5H,14H2,(H,16,18)(H,15,17,19). The Balaban J connectivity index is 2.22. The largest absolute Gasteiger partial charge is 0.308 e. The summed E-state index contributed by atoms with van der Waals surface area (Å²) in [6.07, 6.45) is 1.57. The van der Waals surface area contributed by atoms with Gasteiger partial charge in [0.1, 0.15) is 17.3 Å². The summed E-state index contributed by atoms with van der Waals surface area (Å²) >= 11 is 9.18. The van der Waals surface area contributed by atoms with Crippen LogP contribution >= 0.6 is 27.5 Å². The number of anilines is 2. The number of pyridine rings is 2. The molecule has 1 amide bonds. The summed E-state index contributed by atoms with van der Waals surface area (Å²) in [5, 5.41) is 2.82. The second-order valence-corrected chi connectivity index (χ2v) is 4.81. The maximum atomic E-state index is 12.0. The predicted molar refractivity (Wildman–Crippen MR) is 76.9 cm³/mol. The van der Waals surface area contributed by atoms with Crippen LogP contribution in [0.3, 0.4) is 0 Å². The van der Waals surface area contributed by atoms with Gasteiger partial charge in [-0.05, 0) is 40.2 Å². The highest BCUT2D eigenvalue weighted by Gasteiger charge is 2.13. The third kappa shape index (κ3) is 3.40. The summed E-state index contributed by atoms with van der Waals surface area (Å²) in [4.78, 5) is 20.0. The van der Waals surface area contributed by atoms with E-state index in [4.69, 9.17) is 17.4 Å². The SMILES string of the molecule is NNc1ccc(Cl)c(C(=O)Nc2ccc(Br)cn2)n1. The van der Waals surface area contributed by atoms with Gasteiger partial charge in [-0.2, -0.15) is 0 Å². The van der Waals surface area contributed by atoms with Crippen molar-refractivity contribution >= 4 is 45.1 Å². The van der Waals surface area contributed by atoms with Crippen LogP contribution in [0.5, 0.6) is 0 Å². The fraction of sp³-hybridized carbons (Fsp3) is 0. The topological polar surface area (TPSA) is 92.9 Å². The minimum atomic E-state index is -0.461. The number of nitrogens with two attached hydrogens (primary N) is 1. The number of amides is 1. The van der Waals surface area contributed by atoms with Crippen LogP contribution < -0.4 is 16.6 Å². The van der Waals surface area contributed by atoms with Gasteiger partial charge in [-0.1, -0.05) is 11.6 Å². The molecule has 8 heteroatoms. The molecule has 2 aromatic heterocycles. The van der Waals surface area contributed by atoms with Gasteiger partial charge in [-0.3, -0.25) is 4.79 Å². The minimum absolute atomic E-state index is 0.0711. The molecular weight excluding hydrogens is 334 g/mol. The summed E-state index contributed by atoms with van der Waals surface area (Å²) in [6.45, 7) is 0. The normalized spacial score (nSPS) is 10.1. The van der Waals surface area contributed by atoms with Crippen molar-refractivity contribution in [2.24, 2.45) is 5.84 Å². The molecule has 2 heterocycles. The van der Waals surface area contributed by atoms with Crippen LogP contribution in [0.15, 0.2) is 34.9 Å². The molecule has 0 fully saturated rings. The van der Waals surface area contributed by atoms with Crippen LogP contribution in [-0.4, -0.2) is 15.9 Å². The minimum Gasteiger partial charge on any atom is -0.308 e. The number of hydrogen-bond acceptors (Lipinski definition) is 5. The van der Waals surface area contributed by atoms with Gasteiger partial charge in [0.05, 0.1) is 5.02 Å². The molecule has 0 aliphatic heterocycles. The monoisotopic (exact) mass is 341 g/mol. The number of aromatic nitrogens is 2. The van der Waals surface area contributed by atoms with Gasteiger partial charge >= 0.3 is 0 Å². The van der Waals surface area contributed by atoms with Crippen LogP contribution in [0.2, 0.25) is 5.02 Å². The zero-order valence-electron chi connectivity index (χ0n) is 9.52. The summed E-state index contributed by atoms with van der Waals surface area (Å²) in [6, 6.07) is 6.51. The summed E-state index contributed by atoms with van der Waals surface area (Å²) in [5.74, 6) is 5.52. The van der Waals surface area contributed by atoms with Crippen molar-refractivity contribution < 1.29 is 4.79 Å². The molecule has 98 valence electrons. The summed E-state index contributed by atoms with van der Waals surface area (Å²) in [5.41, 5.74) is 2.42. The molecular formula is C11H9BrClN5O. The molecule has 6 nitrogen and oxygen atoms in total. The first-order chi connectivity index (χ1) is 9.10. The average molecular weight is 343 g/mol. The molecule has 0 spiro atoms. The fourth-order valence-electron chi connectivity index (χ4n) is 1.31. The molecule has 0 aliphatic carbocycles. The number of carbonyl (C=O) groups excluding carboxylic acids is 1. The van der Waals surface area contributed by atoms with E-state index >= 15 is 0 Å². The number of hydrazine groups is 1. The lowest BCUT2D eigenvalue weighted by Crippen LogP contribution is -2.17. The van der Waals surface area contributed by atoms with Crippen molar-refractivity contribution in [3.8, 4) is 0 Å². The maximum absolute atomic E-state index is 12.0. The van der Waals surface area contributed by atoms with Crippen LogP contribution in [-0.2, 0) is 0 Å². The maximum Gasteiger partial charge on any atom is 0.277 e. The second kappa shape index (κ2) is 5.96. The number of rotatable bonds is 3. The lowest BCUT2D eigenvalue weighted by atomic mass is 10.3. The van der Waals surface area contributed by atoms with Gasteiger partial charge in [-0.25, -0.2) is 15.8 Å². The Morgan fingerprint density at radius 3 is 2.63 bits per heavy atom. The van der Waals surface area contributed by atoms with Crippen molar-refractivity contribution in [1.29, 1.82) is 0 Å². The highest BCUT2D eigenvalue weighted by Crippen LogP contribution is 2.18. The van der Waals surface area contributed by atoms with Crippen molar-refractivity contribution in [2.75, 3.05) is 10.7 Å². The number of nitrogen functional groups attached to an aromatic ring is 1. The van der Waals surface area contributed by atoms with Crippen LogP contribution in [0, 0.1) is 0 Å². The molecule has 19 heavy (non-hydrogen) atoms. The Morgan fingerprint density at radius 2 is 2.00 bits per heavy atom. The predicted octanol–water partition coefficient (Wildman–Crippen LogP) is 2.43. The van der Waals surface area contributed by atoms with E-state index in [1.54, 1.807) is 24.4 Å². The van der Waals surface area contributed by atoms with Crippen molar-refractivity contribution in [3.63, 3.8) is 0 Å². The molecule has 0 saturated carbocycles. The Bertz CT molecular complexity index is 605. The number of nitrogens with zero attached hydrogens (tertiary/aromatic N) is 2. The number of carbonyl (C=O) groups is 1. The van der Waals surface area contributed by atoms with Crippen LogP contribution in [0.1, 0.15) is 10.5 Å². The molecule has 0 atom stereocenters. The smallest absolute Gasteiger partial charge is 0.277 e. The van der Waals surface area contributed by atoms with Crippen LogP contribution in [0.25, 0.3) is 0 Å². The third-order valence-corrected chi connectivity index (χ3v) is 2.95. The highest BCUT2D eigenvalue weighted by atomic mass is 79.9. The highest BCUT2D eigenvalue weighted by molar-refractivity contribution is 9.10. The van der Waals surface area contributed by atoms with E-state index in [2.05, 4.69) is 36.6 Å². The van der Waals surface area contributed by atoms with Gasteiger partial charge in [-0.15, -0.1) is 0 Å². The van der Waals surface area contributed by atoms with Crippen molar-refractivity contribution in [3.05, 3.63) is 45.7 Å². The Kier molecular flexibility index (Phi) is 4.31. The number of hydrogen-bond donors (Lipinski definition) is 3. The number of nitrogens with one attached hydrogen (secondary N) is 2. The zero-order valence-corrected chi connectivity index (χ0v) is 11.9. The molecule has 0 saturated heterocycles. The Hall–Kier alpha value is -1.70. The van der Waals surface area contributed by atoms with E-state index in [0.29, 0.717) is 11.6 Å². The lowest BCUT2D eigenvalue weighted by Gasteiger charge is -2.07. The first-order valence-electron chi connectivity index (χ1n) is 5.16. The molecule has 0 unspecified atom stereocenters. The van der Waals surface area contributed by atoms with E-state index in [1.165, 1.54) is 6.07 Å². The quantitative estimate of drug-likeness (QED) is 0.588. The van der Waals surface area contributed by atoms with Gasteiger partial charge in [0, 0.05) is 10.7 Å². The lowest BCUT2D eigenvalue weighted by molar-refractivity contribution is 0.102. The average Bonchev–Trinajstić information content (AvgIpc) is 2.42. The van der Waals surface area contributed by atoms with E-state index in [1.807, 2.05) is 0 Å². The molecule has 0 radical (unpaired) electrons. The van der Waals surface area contributed by atoms with E-state index in [0.717, 1.165) is 4.47 Å². The van der Waals surface area contributed by atoms with E-state index < -0.39 is 5.91 Å². The molecule has 4 N–H and O–H groups in total. The summed E-state index contributed by atoms with van der Waals surface area (Å²) in [7, 11) is 0. The molecule has 0 aromatic carbocycles. The molecule has 2 rings (SSSR count). The first kappa shape index (κ1) is 13.7. The Morgan fingerprint density at radius 1 is 1.26 bits per heavy atom. The van der Waals surface area contributed by atoms with E-state index in [9.17, 15) is 4.79 Å². The van der Waals surface area contributed by atoms with Crippen molar-refractivity contribution in [2.45, 2.75) is 0 Å². The number of halogens is 2. The van der Waals surface area contributed by atoms with Crippen molar-refractivity contribution in [1.82, 2.24) is 9.97 Å². The van der Waals surface area contributed by atoms with E-state index in [-0.39, 0.29) is 10.7 Å². The molecule has 0 aliphatic rings. The molecule has 2 aromatic rings. The fourth-order valence-corrected chi connectivity index (χ4v) is 1.73. The van der Waals surface area contributed by atoms with Gasteiger partial charge in [0.15, 0.2) is 0 Å². The zero-order chi connectivity index (χ0) is 13.8. The first-order valence-corrected chi connectivity index (χ1v) is 6.33.